The van der Waals surface area contributed by atoms with Crippen molar-refractivity contribution in [2.75, 3.05) is 18.6 Å². The predicted octanol–water partition coefficient (Wildman–Crippen LogP) is 3.02. The van der Waals surface area contributed by atoms with E-state index < -0.39 is 0 Å². The van der Waals surface area contributed by atoms with Gasteiger partial charge < -0.3 is 19.7 Å². The predicted molar refractivity (Wildman–Crippen MR) is 103 cm³/mol. The summed E-state index contributed by atoms with van der Waals surface area (Å²) in [6, 6.07) is 14.1. The van der Waals surface area contributed by atoms with Gasteiger partial charge in [-0.15, -0.1) is 0 Å². The number of nitrogens with one attached hydrogen (secondary N) is 1. The van der Waals surface area contributed by atoms with Crippen LogP contribution in [0.3, 0.4) is 0 Å². The molecule has 1 saturated heterocycles. The fourth-order valence-corrected chi connectivity index (χ4v) is 3.04. The molecule has 2 aromatic carbocycles. The van der Waals surface area contributed by atoms with E-state index in [1.165, 1.54) is 0 Å². The summed E-state index contributed by atoms with van der Waals surface area (Å²) in [6.45, 7) is 4.35. The second-order valence-electron chi connectivity index (χ2n) is 6.77. The van der Waals surface area contributed by atoms with Crippen LogP contribution in [0.5, 0.6) is 11.5 Å². The number of anilines is 1. The largest absolute Gasteiger partial charge is 0.497 e. The van der Waals surface area contributed by atoms with Gasteiger partial charge in [-0.1, -0.05) is 0 Å². The van der Waals surface area contributed by atoms with Gasteiger partial charge in [0.1, 0.15) is 11.5 Å². The highest BCUT2D eigenvalue weighted by Gasteiger charge is 2.31. The van der Waals surface area contributed by atoms with Crippen LogP contribution >= 0.6 is 0 Å². The Bertz CT molecular complexity index is 800. The molecule has 6 heteroatoms. The van der Waals surface area contributed by atoms with Crippen molar-refractivity contribution >= 4 is 17.5 Å². The molecule has 1 heterocycles. The summed E-state index contributed by atoms with van der Waals surface area (Å²) in [4.78, 5) is 26.5. The number of rotatable bonds is 6. The van der Waals surface area contributed by atoms with Crippen LogP contribution in [0.1, 0.15) is 30.6 Å². The molecule has 1 atom stereocenters. The average Bonchev–Trinajstić information content (AvgIpc) is 3.02. The fourth-order valence-electron chi connectivity index (χ4n) is 3.04. The van der Waals surface area contributed by atoms with Gasteiger partial charge in [-0.3, -0.25) is 9.59 Å². The first-order chi connectivity index (χ1) is 13.0. The molecule has 0 radical (unpaired) electrons. The van der Waals surface area contributed by atoms with Gasteiger partial charge in [0.15, 0.2) is 0 Å². The van der Waals surface area contributed by atoms with E-state index in [1.54, 1.807) is 36.3 Å². The summed E-state index contributed by atoms with van der Waals surface area (Å²) in [6.07, 6.45) is 0.366. The minimum atomic E-state index is -0.223. The third-order valence-electron chi connectivity index (χ3n) is 4.33. The van der Waals surface area contributed by atoms with Crippen LogP contribution in [0.2, 0.25) is 0 Å². The Kier molecular flexibility index (Phi) is 5.64. The van der Waals surface area contributed by atoms with Gasteiger partial charge in [-0.2, -0.15) is 0 Å². The van der Waals surface area contributed by atoms with Gasteiger partial charge in [0.2, 0.25) is 5.91 Å². The highest BCUT2D eigenvalue weighted by molar-refractivity contribution is 5.99. The molecular weight excluding hydrogens is 344 g/mol. The van der Waals surface area contributed by atoms with Crippen LogP contribution in [-0.2, 0) is 4.79 Å². The fraction of sp³-hybridized carbons (Fsp3) is 0.333. The molecule has 1 aliphatic rings. The molecule has 6 nitrogen and oxygen atoms in total. The van der Waals surface area contributed by atoms with Crippen molar-refractivity contribution in [2.24, 2.45) is 0 Å². The van der Waals surface area contributed by atoms with Crippen LogP contribution in [0.15, 0.2) is 48.5 Å². The zero-order valence-corrected chi connectivity index (χ0v) is 15.8. The van der Waals surface area contributed by atoms with Crippen LogP contribution in [0.25, 0.3) is 0 Å². The van der Waals surface area contributed by atoms with Gasteiger partial charge in [-0.25, -0.2) is 0 Å². The summed E-state index contributed by atoms with van der Waals surface area (Å²) >= 11 is 0. The summed E-state index contributed by atoms with van der Waals surface area (Å²) in [5.41, 5.74) is 1.34. The Morgan fingerprint density at radius 3 is 2.30 bits per heavy atom. The van der Waals surface area contributed by atoms with Crippen molar-refractivity contribution in [2.45, 2.75) is 32.4 Å². The second-order valence-corrected chi connectivity index (χ2v) is 6.77. The van der Waals surface area contributed by atoms with E-state index in [0.717, 1.165) is 17.2 Å². The summed E-state index contributed by atoms with van der Waals surface area (Å²) < 4.78 is 10.7. The standard InChI is InChI=1S/C21H24N2O4/c1-14(2)27-19-8-4-15(5-9-19)21(25)22-16-12-20(24)23(13-16)17-6-10-18(26-3)11-7-17/h4-11,14,16H,12-13H2,1-3H3,(H,22,25)/t16-/m0/s1. The van der Waals surface area contributed by atoms with E-state index in [-0.39, 0.29) is 30.4 Å². The number of amides is 2. The van der Waals surface area contributed by atoms with Crippen LogP contribution in [-0.4, -0.2) is 37.6 Å². The molecular formula is C21H24N2O4. The van der Waals surface area contributed by atoms with E-state index >= 15 is 0 Å². The molecule has 1 fully saturated rings. The smallest absolute Gasteiger partial charge is 0.251 e. The van der Waals surface area contributed by atoms with E-state index in [4.69, 9.17) is 9.47 Å². The van der Waals surface area contributed by atoms with Crippen LogP contribution in [0.4, 0.5) is 5.69 Å². The Morgan fingerprint density at radius 2 is 1.70 bits per heavy atom. The number of carbonyl (C=O) groups is 2. The van der Waals surface area contributed by atoms with E-state index in [2.05, 4.69) is 5.32 Å². The van der Waals surface area contributed by atoms with E-state index in [0.29, 0.717) is 12.1 Å². The minimum absolute atomic E-state index is 0.00820. The van der Waals surface area contributed by atoms with E-state index in [9.17, 15) is 9.59 Å². The second kappa shape index (κ2) is 8.12. The lowest BCUT2D eigenvalue weighted by molar-refractivity contribution is -0.117. The molecule has 0 saturated carbocycles. The summed E-state index contributed by atoms with van der Waals surface area (Å²) in [5, 5.41) is 2.94. The molecule has 0 unspecified atom stereocenters. The van der Waals surface area contributed by atoms with Crippen molar-refractivity contribution in [3.63, 3.8) is 0 Å². The number of nitrogens with zero attached hydrogens (tertiary/aromatic N) is 1. The quantitative estimate of drug-likeness (QED) is 0.851. The zero-order valence-electron chi connectivity index (χ0n) is 15.8. The van der Waals surface area contributed by atoms with Gasteiger partial charge in [-0.05, 0) is 62.4 Å². The third kappa shape index (κ3) is 4.58. The third-order valence-corrected chi connectivity index (χ3v) is 4.33. The normalized spacial score (nSPS) is 16.5. The minimum Gasteiger partial charge on any atom is -0.497 e. The Balaban J connectivity index is 1.61. The number of benzene rings is 2. The van der Waals surface area contributed by atoms with Crippen molar-refractivity contribution in [1.82, 2.24) is 5.32 Å². The number of ether oxygens (including phenoxy) is 2. The lowest BCUT2D eigenvalue weighted by Crippen LogP contribution is -2.37. The molecule has 0 spiro atoms. The SMILES string of the molecule is COc1ccc(N2C[C@@H](NC(=O)c3ccc(OC(C)C)cc3)CC2=O)cc1. The number of methoxy groups -OCH3 is 1. The Morgan fingerprint density at radius 1 is 1.07 bits per heavy atom. The molecule has 3 rings (SSSR count). The summed E-state index contributed by atoms with van der Waals surface area (Å²) in [5.74, 6) is 1.26. The van der Waals surface area contributed by atoms with Gasteiger partial charge in [0.05, 0.1) is 19.3 Å². The molecule has 0 aliphatic carbocycles. The lowest BCUT2D eigenvalue weighted by Gasteiger charge is -2.17. The monoisotopic (exact) mass is 368 g/mol. The first-order valence-electron chi connectivity index (χ1n) is 8.98. The maximum Gasteiger partial charge on any atom is 0.251 e. The average molecular weight is 368 g/mol. The highest BCUT2D eigenvalue weighted by Crippen LogP contribution is 2.24. The summed E-state index contributed by atoms with van der Waals surface area (Å²) in [7, 11) is 1.60. The molecule has 1 aliphatic heterocycles. The van der Waals surface area contributed by atoms with Gasteiger partial charge in [0, 0.05) is 24.2 Å². The molecule has 2 amide bonds. The van der Waals surface area contributed by atoms with Gasteiger partial charge >= 0.3 is 0 Å². The number of carbonyl (C=O) groups excluding carboxylic acids is 2. The molecule has 0 aromatic heterocycles. The topological polar surface area (TPSA) is 67.9 Å². The number of hydrogen-bond donors (Lipinski definition) is 1. The Labute approximate surface area is 159 Å². The Hall–Kier alpha value is -3.02. The van der Waals surface area contributed by atoms with Crippen molar-refractivity contribution in [3.05, 3.63) is 54.1 Å². The van der Waals surface area contributed by atoms with Crippen LogP contribution in [0, 0.1) is 0 Å². The van der Waals surface area contributed by atoms with Crippen molar-refractivity contribution < 1.29 is 19.1 Å². The van der Waals surface area contributed by atoms with Crippen molar-refractivity contribution in [1.29, 1.82) is 0 Å². The molecule has 27 heavy (non-hydrogen) atoms. The first-order valence-corrected chi connectivity index (χ1v) is 8.98. The maximum absolute atomic E-state index is 12.5. The molecule has 0 bridgehead atoms. The highest BCUT2D eigenvalue weighted by atomic mass is 16.5. The lowest BCUT2D eigenvalue weighted by atomic mass is 10.1. The van der Waals surface area contributed by atoms with Gasteiger partial charge in [0.25, 0.3) is 5.91 Å². The number of hydrogen-bond acceptors (Lipinski definition) is 4. The first kappa shape index (κ1) is 18.8. The zero-order chi connectivity index (χ0) is 19.4. The molecule has 2 aromatic rings. The molecule has 1 N–H and O–H groups in total. The van der Waals surface area contributed by atoms with Crippen LogP contribution < -0.4 is 19.7 Å². The van der Waals surface area contributed by atoms with Crippen molar-refractivity contribution in [3.8, 4) is 11.5 Å². The molecule has 142 valence electrons. The van der Waals surface area contributed by atoms with E-state index in [1.807, 2.05) is 38.1 Å². The maximum atomic E-state index is 12.5.